The largest absolute Gasteiger partial charge is 0.454 e. The number of hydrogen-bond donors (Lipinski definition) is 2. The first-order valence-corrected chi connectivity index (χ1v) is 7.58. The van der Waals surface area contributed by atoms with Crippen LogP contribution in [0.1, 0.15) is 12.5 Å². The smallest absolute Gasteiger partial charge is 0.248 e. The first-order chi connectivity index (χ1) is 12.4. The number of carbonyl (C=O) groups excluding carboxylic acids is 2. The number of ether oxygens (including phenoxy) is 2. The van der Waals surface area contributed by atoms with Gasteiger partial charge in [-0.1, -0.05) is 6.07 Å². The highest BCUT2D eigenvalue weighted by atomic mass is 19.1. The van der Waals surface area contributed by atoms with Crippen LogP contribution >= 0.6 is 0 Å². The topological polar surface area (TPSA) is 76.7 Å². The summed E-state index contributed by atoms with van der Waals surface area (Å²) in [5, 5.41) is 4.52. The standard InChI is InChI=1S/C18H14F2N2O4/c1-10(23)21-14-8-15(13(20)7-12(14)19)22-18(24)5-3-11-2-4-16-17(6-11)26-9-25-16/h2-8H,9H2,1H3,(H,21,23)(H,22,24)/b5-3+. The fourth-order valence-electron chi connectivity index (χ4n) is 2.29. The van der Waals surface area contributed by atoms with E-state index in [9.17, 15) is 18.4 Å². The van der Waals surface area contributed by atoms with Gasteiger partial charge in [0, 0.05) is 19.1 Å². The molecule has 0 bridgehead atoms. The van der Waals surface area contributed by atoms with Crippen LogP contribution in [0.25, 0.3) is 6.08 Å². The van der Waals surface area contributed by atoms with Crippen molar-refractivity contribution < 1.29 is 27.8 Å². The normalized spacial score (nSPS) is 12.3. The maximum absolute atomic E-state index is 13.8. The van der Waals surface area contributed by atoms with Crippen molar-refractivity contribution in [3.8, 4) is 11.5 Å². The second-order valence-electron chi connectivity index (χ2n) is 5.43. The lowest BCUT2D eigenvalue weighted by molar-refractivity contribution is -0.114. The minimum Gasteiger partial charge on any atom is -0.454 e. The molecule has 2 N–H and O–H groups in total. The molecule has 2 amide bonds. The van der Waals surface area contributed by atoms with Crippen molar-refractivity contribution in [1.82, 2.24) is 0 Å². The molecule has 0 atom stereocenters. The summed E-state index contributed by atoms with van der Waals surface area (Å²) in [6, 6.07) is 6.73. The molecule has 26 heavy (non-hydrogen) atoms. The van der Waals surface area contributed by atoms with E-state index in [2.05, 4.69) is 10.6 Å². The highest BCUT2D eigenvalue weighted by Crippen LogP contribution is 2.32. The molecule has 0 aliphatic carbocycles. The number of amides is 2. The molecule has 0 radical (unpaired) electrons. The molecule has 134 valence electrons. The monoisotopic (exact) mass is 360 g/mol. The van der Waals surface area contributed by atoms with Gasteiger partial charge in [0.2, 0.25) is 18.6 Å². The van der Waals surface area contributed by atoms with Crippen LogP contribution in [0.4, 0.5) is 20.2 Å². The van der Waals surface area contributed by atoms with Crippen molar-refractivity contribution >= 4 is 29.3 Å². The van der Waals surface area contributed by atoms with E-state index in [0.717, 1.165) is 6.07 Å². The fraction of sp³-hybridized carbons (Fsp3) is 0.111. The van der Waals surface area contributed by atoms with Crippen LogP contribution in [-0.2, 0) is 9.59 Å². The number of anilines is 2. The van der Waals surface area contributed by atoms with Gasteiger partial charge in [0.05, 0.1) is 11.4 Å². The van der Waals surface area contributed by atoms with Crippen molar-refractivity contribution in [2.24, 2.45) is 0 Å². The maximum atomic E-state index is 13.8. The van der Waals surface area contributed by atoms with E-state index in [4.69, 9.17) is 9.47 Å². The van der Waals surface area contributed by atoms with Crippen LogP contribution in [-0.4, -0.2) is 18.6 Å². The van der Waals surface area contributed by atoms with E-state index in [1.54, 1.807) is 18.2 Å². The van der Waals surface area contributed by atoms with Gasteiger partial charge in [0.1, 0.15) is 11.6 Å². The van der Waals surface area contributed by atoms with Crippen molar-refractivity contribution in [2.45, 2.75) is 6.92 Å². The maximum Gasteiger partial charge on any atom is 0.248 e. The quantitative estimate of drug-likeness (QED) is 0.821. The summed E-state index contributed by atoms with van der Waals surface area (Å²) in [4.78, 5) is 23.0. The number of benzene rings is 2. The summed E-state index contributed by atoms with van der Waals surface area (Å²) in [7, 11) is 0. The summed E-state index contributed by atoms with van der Waals surface area (Å²) < 4.78 is 37.9. The van der Waals surface area contributed by atoms with Gasteiger partial charge in [-0.2, -0.15) is 0 Å². The lowest BCUT2D eigenvalue weighted by Crippen LogP contribution is -2.12. The number of carbonyl (C=O) groups is 2. The Morgan fingerprint density at radius 3 is 2.42 bits per heavy atom. The Hall–Kier alpha value is -3.42. The predicted molar refractivity (Wildman–Crippen MR) is 90.9 cm³/mol. The summed E-state index contributed by atoms with van der Waals surface area (Å²) in [5.74, 6) is -1.85. The second kappa shape index (κ2) is 7.22. The molecule has 3 rings (SSSR count). The Kier molecular flexibility index (Phi) is 4.83. The van der Waals surface area contributed by atoms with E-state index in [0.29, 0.717) is 23.1 Å². The zero-order valence-corrected chi connectivity index (χ0v) is 13.6. The fourth-order valence-corrected chi connectivity index (χ4v) is 2.29. The van der Waals surface area contributed by atoms with E-state index >= 15 is 0 Å². The third-order valence-corrected chi connectivity index (χ3v) is 3.45. The van der Waals surface area contributed by atoms with Crippen molar-refractivity contribution in [2.75, 3.05) is 17.4 Å². The van der Waals surface area contributed by atoms with Crippen LogP contribution in [0, 0.1) is 11.6 Å². The number of fused-ring (bicyclic) bond motifs is 1. The minimum absolute atomic E-state index is 0.142. The zero-order valence-electron chi connectivity index (χ0n) is 13.6. The molecule has 0 saturated heterocycles. The molecular weight excluding hydrogens is 346 g/mol. The summed E-state index contributed by atoms with van der Waals surface area (Å²) in [6.07, 6.45) is 2.70. The van der Waals surface area contributed by atoms with Gasteiger partial charge >= 0.3 is 0 Å². The summed E-state index contributed by atoms with van der Waals surface area (Å²) in [5.41, 5.74) is 0.201. The van der Waals surface area contributed by atoms with Gasteiger partial charge in [-0.15, -0.1) is 0 Å². The number of nitrogens with one attached hydrogen (secondary N) is 2. The summed E-state index contributed by atoms with van der Waals surface area (Å²) in [6.45, 7) is 1.33. The molecule has 6 nitrogen and oxygen atoms in total. The molecule has 1 aliphatic rings. The first-order valence-electron chi connectivity index (χ1n) is 7.58. The molecule has 8 heteroatoms. The Balaban J connectivity index is 1.72. The van der Waals surface area contributed by atoms with Gasteiger partial charge in [-0.05, 0) is 29.8 Å². The third-order valence-electron chi connectivity index (χ3n) is 3.45. The average Bonchev–Trinajstić information content (AvgIpc) is 3.04. The highest BCUT2D eigenvalue weighted by Gasteiger charge is 2.14. The third kappa shape index (κ3) is 3.97. The molecule has 0 saturated carbocycles. The van der Waals surface area contributed by atoms with E-state index < -0.39 is 23.4 Å². The average molecular weight is 360 g/mol. The molecule has 0 fully saturated rings. The van der Waals surface area contributed by atoms with E-state index in [1.165, 1.54) is 19.1 Å². The van der Waals surface area contributed by atoms with Gasteiger partial charge in [-0.3, -0.25) is 9.59 Å². The molecule has 0 spiro atoms. The van der Waals surface area contributed by atoms with Gasteiger partial charge < -0.3 is 20.1 Å². The Morgan fingerprint density at radius 1 is 1.00 bits per heavy atom. The van der Waals surface area contributed by atoms with Crippen LogP contribution in [0.15, 0.2) is 36.4 Å². The molecule has 1 aliphatic heterocycles. The van der Waals surface area contributed by atoms with Crippen molar-refractivity contribution in [3.63, 3.8) is 0 Å². The van der Waals surface area contributed by atoms with Crippen LogP contribution in [0.3, 0.4) is 0 Å². The molecule has 0 unspecified atom stereocenters. The van der Waals surface area contributed by atoms with E-state index in [1.807, 2.05) is 0 Å². The Bertz CT molecular complexity index is 912. The van der Waals surface area contributed by atoms with Crippen LogP contribution in [0.5, 0.6) is 11.5 Å². The molecule has 2 aromatic rings. The first kappa shape index (κ1) is 17.4. The number of hydrogen-bond acceptors (Lipinski definition) is 4. The van der Waals surface area contributed by atoms with Crippen LogP contribution < -0.4 is 20.1 Å². The molecule has 1 heterocycles. The molecule has 2 aromatic carbocycles. The number of rotatable bonds is 4. The lowest BCUT2D eigenvalue weighted by Gasteiger charge is -2.09. The molecule has 0 aromatic heterocycles. The SMILES string of the molecule is CC(=O)Nc1cc(NC(=O)/C=C/c2ccc3c(c2)OCO3)c(F)cc1F. The van der Waals surface area contributed by atoms with Crippen LogP contribution in [0.2, 0.25) is 0 Å². The predicted octanol–water partition coefficient (Wildman–Crippen LogP) is 3.30. The van der Waals surface area contributed by atoms with E-state index in [-0.39, 0.29) is 18.2 Å². The Morgan fingerprint density at radius 2 is 1.69 bits per heavy atom. The molecular formula is C18H14F2N2O4. The van der Waals surface area contributed by atoms with Gasteiger partial charge in [0.25, 0.3) is 0 Å². The van der Waals surface area contributed by atoms with Gasteiger partial charge in [0.15, 0.2) is 11.5 Å². The number of halogens is 2. The van der Waals surface area contributed by atoms with Crippen molar-refractivity contribution in [3.05, 3.63) is 53.6 Å². The van der Waals surface area contributed by atoms with Gasteiger partial charge in [-0.25, -0.2) is 8.78 Å². The minimum atomic E-state index is -0.957. The second-order valence-corrected chi connectivity index (χ2v) is 5.43. The van der Waals surface area contributed by atoms with Crippen molar-refractivity contribution in [1.29, 1.82) is 0 Å². The zero-order chi connectivity index (χ0) is 18.7. The summed E-state index contributed by atoms with van der Waals surface area (Å²) >= 11 is 0. The lowest BCUT2D eigenvalue weighted by atomic mass is 10.2. The Labute approximate surface area is 147 Å². The highest BCUT2D eigenvalue weighted by molar-refractivity contribution is 6.02.